The number of carboxylic acid groups (broad SMARTS) is 1. The summed E-state index contributed by atoms with van der Waals surface area (Å²) in [6.45, 7) is 1.37. The summed E-state index contributed by atoms with van der Waals surface area (Å²) in [7, 11) is 1.73. The predicted molar refractivity (Wildman–Crippen MR) is 63.5 cm³/mol. The van der Waals surface area contributed by atoms with Crippen molar-refractivity contribution in [1.82, 2.24) is 5.32 Å². The lowest BCUT2D eigenvalue weighted by Crippen LogP contribution is -2.11. The lowest BCUT2D eigenvalue weighted by atomic mass is 10.2. The van der Waals surface area contributed by atoms with E-state index < -0.39 is 5.97 Å². The summed E-state index contributed by atoms with van der Waals surface area (Å²) in [5, 5.41) is 10.7. The van der Waals surface area contributed by atoms with E-state index in [1.807, 2.05) is 30.3 Å². The van der Waals surface area contributed by atoms with Crippen LogP contribution in [0, 0.1) is 0 Å². The lowest BCUT2D eigenvalue weighted by Gasteiger charge is -1.95. The van der Waals surface area contributed by atoms with Gasteiger partial charge >= 0.3 is 5.97 Å². The van der Waals surface area contributed by atoms with Crippen molar-refractivity contribution >= 4 is 12.4 Å². The molecule has 5 heteroatoms. The molecule has 0 aromatic heterocycles. The van der Waals surface area contributed by atoms with Gasteiger partial charge < -0.3 is 15.2 Å². The maximum Gasteiger partial charge on any atom is 0.304 e. The van der Waals surface area contributed by atoms with Crippen molar-refractivity contribution in [2.45, 2.75) is 13.0 Å². The van der Waals surface area contributed by atoms with E-state index in [2.05, 4.69) is 10.1 Å². The number of hydrogen-bond donors (Lipinski definition) is 2. The minimum absolute atomic E-state index is 0.205. The molecule has 0 radical (unpaired) electrons. The fourth-order valence-electron chi connectivity index (χ4n) is 0.936. The smallest absolute Gasteiger partial charge is 0.304 e. The van der Waals surface area contributed by atoms with Crippen LogP contribution in [0.3, 0.4) is 0 Å². The number of benzene rings is 1. The highest BCUT2D eigenvalue weighted by atomic mass is 16.5. The van der Waals surface area contributed by atoms with Gasteiger partial charge in [-0.25, -0.2) is 0 Å². The van der Waals surface area contributed by atoms with Crippen LogP contribution in [0.1, 0.15) is 12.0 Å². The second-order valence-electron chi connectivity index (χ2n) is 3.14. The summed E-state index contributed by atoms with van der Waals surface area (Å²) < 4.78 is 4.54. The molecule has 0 amide bonds. The molecule has 0 unspecified atom stereocenters. The Morgan fingerprint density at radius 2 is 2.06 bits per heavy atom. The highest BCUT2D eigenvalue weighted by Crippen LogP contribution is 1.98. The minimum atomic E-state index is -0.755. The molecule has 0 heterocycles. The van der Waals surface area contributed by atoms with Crippen molar-refractivity contribution in [3.63, 3.8) is 0 Å². The van der Waals surface area contributed by atoms with Crippen LogP contribution in [0.4, 0.5) is 0 Å². The Kier molecular flexibility index (Phi) is 9.46. The SMILES string of the molecule is CNCCC(=O)O.O=COCc1ccccc1. The first kappa shape index (κ1) is 15.1. The van der Waals surface area contributed by atoms with Gasteiger partial charge in [0.15, 0.2) is 0 Å². The molecule has 0 aliphatic carbocycles. The standard InChI is InChI=1S/C8H8O2.C4H9NO2/c9-7-10-6-8-4-2-1-3-5-8;1-5-3-2-4(6)7/h1-5,7H,6H2;5H,2-3H2,1H3,(H,6,7). The van der Waals surface area contributed by atoms with Gasteiger partial charge in [-0.3, -0.25) is 9.59 Å². The molecule has 0 bridgehead atoms. The first-order valence-corrected chi connectivity index (χ1v) is 5.16. The van der Waals surface area contributed by atoms with Crippen LogP contribution in [-0.4, -0.2) is 31.1 Å². The first-order chi connectivity index (χ1) is 8.20. The van der Waals surface area contributed by atoms with E-state index in [1.54, 1.807) is 7.05 Å². The predicted octanol–water partition coefficient (Wildman–Crippen LogP) is 1.04. The van der Waals surface area contributed by atoms with E-state index in [-0.39, 0.29) is 6.42 Å². The van der Waals surface area contributed by atoms with Crippen LogP contribution in [0.2, 0.25) is 0 Å². The highest BCUT2D eigenvalue weighted by molar-refractivity contribution is 5.66. The Labute approximate surface area is 100 Å². The van der Waals surface area contributed by atoms with Gasteiger partial charge in [0.05, 0.1) is 6.42 Å². The monoisotopic (exact) mass is 239 g/mol. The van der Waals surface area contributed by atoms with Gasteiger partial charge in [0, 0.05) is 6.54 Å². The van der Waals surface area contributed by atoms with Gasteiger partial charge in [0.2, 0.25) is 0 Å². The van der Waals surface area contributed by atoms with Gasteiger partial charge in [-0.2, -0.15) is 0 Å². The average molecular weight is 239 g/mol. The third-order valence-corrected chi connectivity index (χ3v) is 1.75. The molecule has 1 aromatic carbocycles. The number of rotatable bonds is 6. The van der Waals surface area contributed by atoms with E-state index in [1.165, 1.54) is 0 Å². The van der Waals surface area contributed by atoms with E-state index in [0.717, 1.165) is 5.56 Å². The molecule has 2 N–H and O–H groups in total. The summed E-state index contributed by atoms with van der Waals surface area (Å²) >= 11 is 0. The summed E-state index contributed by atoms with van der Waals surface area (Å²) in [6, 6.07) is 9.55. The van der Waals surface area contributed by atoms with Crippen molar-refractivity contribution in [3.8, 4) is 0 Å². The molecular formula is C12H17NO4. The van der Waals surface area contributed by atoms with Crippen LogP contribution in [0.25, 0.3) is 0 Å². The number of hydrogen-bond acceptors (Lipinski definition) is 4. The second-order valence-corrected chi connectivity index (χ2v) is 3.14. The fourth-order valence-corrected chi connectivity index (χ4v) is 0.936. The van der Waals surface area contributed by atoms with Crippen molar-refractivity contribution in [2.24, 2.45) is 0 Å². The number of carboxylic acids is 1. The Hall–Kier alpha value is -1.88. The molecule has 1 aromatic rings. The highest BCUT2D eigenvalue weighted by Gasteiger charge is 1.90. The van der Waals surface area contributed by atoms with Crippen molar-refractivity contribution < 1.29 is 19.4 Å². The Balaban J connectivity index is 0.000000325. The first-order valence-electron chi connectivity index (χ1n) is 5.16. The molecule has 0 saturated carbocycles. The van der Waals surface area contributed by atoms with E-state index in [0.29, 0.717) is 19.6 Å². The van der Waals surface area contributed by atoms with Gasteiger partial charge in [0.1, 0.15) is 6.61 Å². The molecule has 1 rings (SSSR count). The molecule has 5 nitrogen and oxygen atoms in total. The summed E-state index contributed by atoms with van der Waals surface area (Å²) in [6.07, 6.45) is 0.205. The molecule has 94 valence electrons. The Bertz CT molecular complexity index is 314. The molecule has 0 aliphatic rings. The number of nitrogens with one attached hydrogen (secondary N) is 1. The largest absolute Gasteiger partial charge is 0.481 e. The lowest BCUT2D eigenvalue weighted by molar-refractivity contribution is -0.137. The topological polar surface area (TPSA) is 75.6 Å². The van der Waals surface area contributed by atoms with Crippen molar-refractivity contribution in [1.29, 1.82) is 0 Å². The van der Waals surface area contributed by atoms with Crippen LogP contribution < -0.4 is 5.32 Å². The third kappa shape index (κ3) is 10.4. The molecule has 0 saturated heterocycles. The quantitative estimate of drug-likeness (QED) is 0.725. The van der Waals surface area contributed by atoms with Crippen LogP contribution in [0.15, 0.2) is 30.3 Å². The number of carbonyl (C=O) groups is 2. The zero-order valence-corrected chi connectivity index (χ0v) is 9.76. The second kappa shape index (κ2) is 10.6. The maximum atomic E-state index is 9.76. The number of aliphatic carboxylic acids is 1. The molecular weight excluding hydrogens is 222 g/mol. The van der Waals surface area contributed by atoms with Gasteiger partial charge in [-0.05, 0) is 12.6 Å². The minimum Gasteiger partial charge on any atom is -0.481 e. The van der Waals surface area contributed by atoms with Crippen molar-refractivity contribution in [2.75, 3.05) is 13.6 Å². The maximum absolute atomic E-state index is 9.76. The molecule has 0 spiro atoms. The zero-order chi connectivity index (χ0) is 12.9. The normalized spacial score (nSPS) is 8.76. The van der Waals surface area contributed by atoms with Gasteiger partial charge in [-0.1, -0.05) is 30.3 Å². The average Bonchev–Trinajstić information content (AvgIpc) is 2.36. The van der Waals surface area contributed by atoms with E-state index in [4.69, 9.17) is 5.11 Å². The third-order valence-electron chi connectivity index (χ3n) is 1.75. The van der Waals surface area contributed by atoms with Crippen molar-refractivity contribution in [3.05, 3.63) is 35.9 Å². The fraction of sp³-hybridized carbons (Fsp3) is 0.333. The zero-order valence-electron chi connectivity index (χ0n) is 9.76. The Morgan fingerprint density at radius 1 is 1.41 bits per heavy atom. The summed E-state index contributed by atoms with van der Waals surface area (Å²) in [5.74, 6) is -0.755. The summed E-state index contributed by atoms with van der Waals surface area (Å²) in [5.41, 5.74) is 1.01. The van der Waals surface area contributed by atoms with E-state index in [9.17, 15) is 9.59 Å². The number of ether oxygens (including phenoxy) is 1. The molecule has 0 fully saturated rings. The Morgan fingerprint density at radius 3 is 2.47 bits per heavy atom. The van der Waals surface area contributed by atoms with E-state index >= 15 is 0 Å². The molecule has 17 heavy (non-hydrogen) atoms. The summed E-state index contributed by atoms with van der Waals surface area (Å²) in [4.78, 5) is 19.5. The van der Waals surface area contributed by atoms with Gasteiger partial charge in [-0.15, -0.1) is 0 Å². The molecule has 0 atom stereocenters. The van der Waals surface area contributed by atoms with Crippen LogP contribution >= 0.6 is 0 Å². The number of carbonyl (C=O) groups excluding carboxylic acids is 1. The van der Waals surface area contributed by atoms with Crippen LogP contribution in [0.5, 0.6) is 0 Å². The van der Waals surface area contributed by atoms with Crippen LogP contribution in [-0.2, 0) is 20.9 Å². The molecule has 0 aliphatic heterocycles. The van der Waals surface area contributed by atoms with Gasteiger partial charge in [0.25, 0.3) is 6.47 Å².